The number of nitrogens with zero attached hydrogens (tertiary/aromatic N) is 5. The Labute approximate surface area is 211 Å². The molecular weight excluding hydrogens is 493 g/mol. The molecule has 1 aliphatic carbocycles. The van der Waals surface area contributed by atoms with Gasteiger partial charge in [-0.1, -0.05) is 17.7 Å². The van der Waals surface area contributed by atoms with Crippen LogP contribution in [0.4, 0.5) is 19.0 Å². The minimum Gasteiger partial charge on any atom is -0.356 e. The van der Waals surface area contributed by atoms with Crippen LogP contribution in [0, 0.1) is 22.7 Å². The maximum atomic E-state index is 13.4. The van der Waals surface area contributed by atoms with Crippen LogP contribution in [-0.2, 0) is 11.0 Å². The predicted molar refractivity (Wildman–Crippen MR) is 129 cm³/mol. The zero-order chi connectivity index (χ0) is 25.7. The molecule has 1 amide bonds. The Kier molecular flexibility index (Phi) is 6.17. The highest BCUT2D eigenvalue weighted by atomic mass is 35.5. The molecule has 0 radical (unpaired) electrons. The number of carbonyl (C=O) groups is 1. The number of hydrogen-bond acceptors (Lipinski definition) is 6. The van der Waals surface area contributed by atoms with Crippen LogP contribution in [0.2, 0.25) is 5.02 Å². The topological polar surface area (TPSA) is 99.1 Å². The number of rotatable bonds is 5. The molecule has 1 aromatic heterocycles. The molecule has 3 aliphatic rings. The highest BCUT2D eigenvalue weighted by Gasteiger charge is 2.53. The van der Waals surface area contributed by atoms with Gasteiger partial charge in [0.25, 0.3) is 0 Å². The van der Waals surface area contributed by atoms with Gasteiger partial charge < -0.3 is 15.5 Å². The highest BCUT2D eigenvalue weighted by molar-refractivity contribution is 6.31. The summed E-state index contributed by atoms with van der Waals surface area (Å²) in [5.74, 6) is 0.867. The number of nitriles is 1. The molecule has 3 heterocycles. The van der Waals surface area contributed by atoms with Crippen LogP contribution in [0.25, 0.3) is 17.0 Å². The molecule has 36 heavy (non-hydrogen) atoms. The number of nitrogens with two attached hydrogens (primary N) is 1. The molecule has 0 bridgehead atoms. The summed E-state index contributed by atoms with van der Waals surface area (Å²) in [5.41, 5.74) is 5.81. The average Bonchev–Trinajstić information content (AvgIpc) is 3.27. The van der Waals surface area contributed by atoms with E-state index in [4.69, 9.17) is 22.3 Å². The summed E-state index contributed by atoms with van der Waals surface area (Å²) >= 11 is 5.79. The van der Waals surface area contributed by atoms with Crippen molar-refractivity contribution < 1.29 is 18.0 Å². The van der Waals surface area contributed by atoms with Gasteiger partial charge in [0.05, 0.1) is 16.7 Å². The van der Waals surface area contributed by atoms with E-state index in [1.807, 2.05) is 6.08 Å². The van der Waals surface area contributed by atoms with E-state index >= 15 is 0 Å². The van der Waals surface area contributed by atoms with Gasteiger partial charge in [0, 0.05) is 43.5 Å². The first-order valence-electron chi connectivity index (χ1n) is 11.7. The largest absolute Gasteiger partial charge is 0.417 e. The van der Waals surface area contributed by atoms with Gasteiger partial charge in [-0.15, -0.1) is 0 Å². The van der Waals surface area contributed by atoms with E-state index in [1.165, 1.54) is 12.1 Å². The van der Waals surface area contributed by atoms with Crippen LogP contribution in [0.5, 0.6) is 0 Å². The van der Waals surface area contributed by atoms with Crippen LogP contribution in [-0.4, -0.2) is 53.5 Å². The molecule has 2 N–H and O–H groups in total. The van der Waals surface area contributed by atoms with E-state index in [0.717, 1.165) is 23.6 Å². The van der Waals surface area contributed by atoms with Crippen LogP contribution in [0.1, 0.15) is 30.4 Å². The number of carbonyl (C=O) groups excluding carboxylic acids is 1. The lowest BCUT2D eigenvalue weighted by molar-refractivity contribution is -0.137. The molecule has 7 nitrogen and oxygen atoms in total. The van der Waals surface area contributed by atoms with Gasteiger partial charge in [0.1, 0.15) is 11.2 Å². The van der Waals surface area contributed by atoms with E-state index < -0.39 is 17.2 Å². The fourth-order valence-corrected chi connectivity index (χ4v) is 5.01. The lowest BCUT2D eigenvalue weighted by atomic mass is 10.1. The average molecular weight is 517 g/mol. The quantitative estimate of drug-likeness (QED) is 0.641. The summed E-state index contributed by atoms with van der Waals surface area (Å²) in [7, 11) is 0. The van der Waals surface area contributed by atoms with Crippen molar-refractivity contribution in [2.24, 2.45) is 17.1 Å². The Morgan fingerprint density at radius 1 is 1.33 bits per heavy atom. The van der Waals surface area contributed by atoms with Crippen molar-refractivity contribution >= 4 is 28.9 Å². The molecule has 5 rings (SSSR count). The van der Waals surface area contributed by atoms with Gasteiger partial charge in [0.2, 0.25) is 5.91 Å². The summed E-state index contributed by atoms with van der Waals surface area (Å²) in [6.07, 6.45) is 0.952. The standard InChI is InChI=1S/C25H24ClF3N6O/c26-20-2-1-16(9-19(20)25(27,28)29)21-32-11-18(22(33-21)34-7-3-15(10-30)12-34)17-4-8-35(13-17)23(36)24(14-31)5-6-24/h1-2,4,9,11,15H,3,5-8,10,12-13,30H2. The minimum absolute atomic E-state index is 0.153. The maximum Gasteiger partial charge on any atom is 0.417 e. The summed E-state index contributed by atoms with van der Waals surface area (Å²) < 4.78 is 40.3. The molecule has 0 spiro atoms. The van der Waals surface area contributed by atoms with Crippen molar-refractivity contribution in [3.63, 3.8) is 0 Å². The van der Waals surface area contributed by atoms with Crippen LogP contribution >= 0.6 is 11.6 Å². The number of aromatic nitrogens is 2. The Balaban J connectivity index is 1.49. The van der Waals surface area contributed by atoms with Gasteiger partial charge in [-0.3, -0.25) is 4.79 Å². The predicted octanol–water partition coefficient (Wildman–Crippen LogP) is 4.13. The van der Waals surface area contributed by atoms with E-state index in [-0.39, 0.29) is 28.2 Å². The third-order valence-corrected chi connectivity index (χ3v) is 7.47. The van der Waals surface area contributed by atoms with Crippen molar-refractivity contribution in [2.75, 3.05) is 37.6 Å². The smallest absolute Gasteiger partial charge is 0.356 e. The second kappa shape index (κ2) is 9.05. The van der Waals surface area contributed by atoms with Gasteiger partial charge in [-0.05, 0) is 55.5 Å². The van der Waals surface area contributed by atoms with Gasteiger partial charge in [-0.2, -0.15) is 18.4 Å². The van der Waals surface area contributed by atoms with Crippen molar-refractivity contribution in [1.29, 1.82) is 5.26 Å². The van der Waals surface area contributed by atoms with Crippen molar-refractivity contribution in [1.82, 2.24) is 14.9 Å². The first-order chi connectivity index (χ1) is 17.1. The minimum atomic E-state index is -4.60. The van der Waals surface area contributed by atoms with Crippen molar-refractivity contribution in [3.05, 3.63) is 46.6 Å². The van der Waals surface area contributed by atoms with Gasteiger partial charge in [0.15, 0.2) is 5.82 Å². The van der Waals surface area contributed by atoms with Crippen molar-refractivity contribution in [3.8, 4) is 17.5 Å². The Hall–Kier alpha value is -3.16. The number of alkyl halides is 3. The normalized spacial score (nSPS) is 20.9. The fraction of sp³-hybridized carbons (Fsp3) is 0.440. The number of halogens is 4. The van der Waals surface area contributed by atoms with Gasteiger partial charge in [-0.25, -0.2) is 9.97 Å². The van der Waals surface area contributed by atoms with E-state index in [1.54, 1.807) is 11.1 Å². The molecular formula is C25H24ClF3N6O. The maximum absolute atomic E-state index is 13.4. The third kappa shape index (κ3) is 4.42. The van der Waals surface area contributed by atoms with Crippen LogP contribution < -0.4 is 10.6 Å². The summed E-state index contributed by atoms with van der Waals surface area (Å²) in [6.45, 7) is 2.60. The molecule has 1 unspecified atom stereocenters. The molecule has 1 atom stereocenters. The lowest BCUT2D eigenvalue weighted by Crippen LogP contribution is -2.35. The second-order valence-corrected chi connectivity index (χ2v) is 9.98. The molecule has 188 valence electrons. The molecule has 1 saturated heterocycles. The van der Waals surface area contributed by atoms with Crippen molar-refractivity contribution in [2.45, 2.75) is 25.4 Å². The Morgan fingerprint density at radius 3 is 2.75 bits per heavy atom. The number of amides is 1. The summed E-state index contributed by atoms with van der Waals surface area (Å²) in [4.78, 5) is 25.7. The number of benzene rings is 1. The zero-order valence-corrected chi connectivity index (χ0v) is 20.1. The molecule has 2 fully saturated rings. The molecule has 1 saturated carbocycles. The van der Waals surface area contributed by atoms with Crippen LogP contribution in [0.3, 0.4) is 0 Å². The molecule has 11 heteroatoms. The highest BCUT2D eigenvalue weighted by Crippen LogP contribution is 2.47. The third-order valence-electron chi connectivity index (χ3n) is 7.14. The molecule has 2 aromatic rings. The molecule has 2 aliphatic heterocycles. The fourth-order valence-electron chi connectivity index (χ4n) is 4.78. The first-order valence-corrected chi connectivity index (χ1v) is 12.1. The Bertz CT molecular complexity index is 1280. The summed E-state index contributed by atoms with van der Waals surface area (Å²) in [5, 5.41) is 9.01. The SMILES string of the molecule is N#CC1(C(=O)N2CC=C(c3cnc(-c4ccc(Cl)c(C(F)(F)F)c4)nc3N3CCC(CN)C3)C2)CC1. The van der Waals surface area contributed by atoms with Crippen LogP contribution in [0.15, 0.2) is 30.5 Å². The monoisotopic (exact) mass is 516 g/mol. The van der Waals surface area contributed by atoms with E-state index in [9.17, 15) is 23.2 Å². The summed E-state index contributed by atoms with van der Waals surface area (Å²) in [6, 6.07) is 5.77. The number of hydrogen-bond donors (Lipinski definition) is 1. The molecule has 1 aromatic carbocycles. The zero-order valence-electron chi connectivity index (χ0n) is 19.4. The van der Waals surface area contributed by atoms with Gasteiger partial charge >= 0.3 is 6.18 Å². The van der Waals surface area contributed by atoms with E-state index in [0.29, 0.717) is 51.4 Å². The van der Waals surface area contributed by atoms with E-state index in [2.05, 4.69) is 16.0 Å². The first kappa shape index (κ1) is 24.5. The lowest BCUT2D eigenvalue weighted by Gasteiger charge is -2.23. The second-order valence-electron chi connectivity index (χ2n) is 9.57. The number of anilines is 1. The Morgan fingerprint density at radius 2 is 2.11 bits per heavy atom.